The van der Waals surface area contributed by atoms with E-state index in [0.29, 0.717) is 60.4 Å². The van der Waals surface area contributed by atoms with Crippen molar-refractivity contribution >= 4 is 76.3 Å². The van der Waals surface area contributed by atoms with Crippen LogP contribution in [0.1, 0.15) is 138 Å². The highest BCUT2D eigenvalue weighted by molar-refractivity contribution is 5.83. The zero-order chi connectivity index (χ0) is 97.2. The second-order valence-corrected chi connectivity index (χ2v) is 34.1. The summed E-state index contributed by atoms with van der Waals surface area (Å²) < 4.78 is 0. The maximum absolute atomic E-state index is 14.8. The van der Waals surface area contributed by atoms with E-state index >= 15 is 0 Å². The number of aliphatic imine (C=N–C) groups is 1. The number of carbonyl (C=O) groups excluding carboxylic acids is 2. The lowest BCUT2D eigenvalue weighted by atomic mass is 10.0. The normalized spacial score (nSPS) is 23.4. The van der Waals surface area contributed by atoms with Crippen LogP contribution >= 0.6 is 0 Å². The lowest BCUT2D eigenvalue weighted by Gasteiger charge is -2.35. The summed E-state index contributed by atoms with van der Waals surface area (Å²) in [6, 6.07) is 11.7. The third-order valence-electron chi connectivity index (χ3n) is 23.4. The van der Waals surface area contributed by atoms with Gasteiger partial charge in [0.05, 0.1) is 92.8 Å². The Balaban J connectivity index is 1.07. The Bertz CT molecular complexity index is 4190. The number of hydrogen-bond acceptors (Lipinski definition) is 36. The number of aliphatic hydroxyl groups excluding tert-OH is 10. The SMILES string of the molecule is CN(Cc1nc2ccccc2[nH]1)C(O)c1ccc2c(c1)CN(CCCCCCNC(O)[C@H](CCC(O)NCCCCC1NC(O)[C@@H](Cc3ccccc3)NC(O)[C@H](CC(=O)O)NC(O)CNC(O)C(CCCN=C(N)N)NC1O)NC(=O)C(CCC(=O)O)NC(O)C(CCC(=O)O)NC(=O)CN1CCN(CC(=O)O)CCN(CC(=O)O)CCN(CC(=O)O)CC1)C(O)C(CC(=O)O)N2. The van der Waals surface area contributed by atoms with Gasteiger partial charge in [0.2, 0.25) is 11.8 Å². The van der Waals surface area contributed by atoms with Gasteiger partial charge in [0.25, 0.3) is 0 Å². The van der Waals surface area contributed by atoms with E-state index < -0.39 is 229 Å². The number of nitrogens with one attached hydrogen (secondary N) is 12. The van der Waals surface area contributed by atoms with Gasteiger partial charge in [-0.1, -0.05) is 67.8 Å². The molecule has 15 unspecified atom stereocenters. The second kappa shape index (κ2) is 58.0. The molecule has 133 heavy (non-hydrogen) atoms. The monoisotopic (exact) mass is 1890 g/mol. The van der Waals surface area contributed by atoms with E-state index in [-0.39, 0.29) is 149 Å². The van der Waals surface area contributed by atoms with Gasteiger partial charge in [0.1, 0.15) is 68.1 Å². The molecule has 4 aromatic rings. The molecule has 1 aromatic heterocycles. The molecule has 7 rings (SSSR count). The molecule has 48 nitrogen and oxygen atoms in total. The van der Waals surface area contributed by atoms with Crippen LogP contribution in [0.15, 0.2) is 77.8 Å². The number of unbranched alkanes of at least 4 members (excludes halogenated alkanes) is 4. The molecule has 3 aromatic carbocycles. The number of aliphatic carboxylic acids is 7. The fraction of sp³-hybridized carbons (Fsp3) is 0.659. The molecule has 0 spiro atoms. The van der Waals surface area contributed by atoms with Crippen molar-refractivity contribution in [1.82, 2.24) is 92.5 Å². The van der Waals surface area contributed by atoms with E-state index in [4.69, 9.17) is 11.5 Å². The number of guanidine groups is 1. The lowest BCUT2D eigenvalue weighted by Crippen LogP contribution is -2.62. The highest BCUT2D eigenvalue weighted by atomic mass is 16.4. The molecule has 33 N–H and O–H groups in total. The first-order chi connectivity index (χ1) is 63.3. The zero-order valence-corrected chi connectivity index (χ0v) is 75.0. The number of para-hydroxylation sites is 2. The van der Waals surface area contributed by atoms with Crippen molar-refractivity contribution < 1.29 is 130 Å². The minimum absolute atomic E-state index is 0.000472. The number of rotatable bonds is 52. The Morgan fingerprint density at radius 1 is 0.541 bits per heavy atom. The summed E-state index contributed by atoms with van der Waals surface area (Å²) in [5, 5.41) is 218. The minimum Gasteiger partial charge on any atom is -0.481 e. The molecule has 4 heterocycles. The third-order valence-corrected chi connectivity index (χ3v) is 23.4. The molecule has 48 heteroatoms. The van der Waals surface area contributed by atoms with Crippen LogP contribution in [-0.2, 0) is 62.7 Å². The number of carboxylic acid groups (broad SMARTS) is 7. The van der Waals surface area contributed by atoms with Crippen molar-refractivity contribution in [2.45, 2.75) is 239 Å². The van der Waals surface area contributed by atoms with Gasteiger partial charge >= 0.3 is 41.8 Å². The molecular formula is C85H140N22O26. The summed E-state index contributed by atoms with van der Waals surface area (Å²) >= 11 is 0. The number of anilines is 1. The number of carbonyl (C=O) groups is 9. The molecular weight excluding hydrogens is 1750 g/mol. The number of β-amino-alcohol motifs (C(OH)–C–C–N with tert-alkyl or cyclic N) is 1. The van der Waals surface area contributed by atoms with Crippen LogP contribution in [0.25, 0.3) is 11.0 Å². The van der Waals surface area contributed by atoms with E-state index in [1.54, 1.807) is 75.2 Å². The first-order valence-corrected chi connectivity index (χ1v) is 45.0. The van der Waals surface area contributed by atoms with E-state index in [1.807, 2.05) is 24.3 Å². The number of benzene rings is 3. The molecule has 746 valence electrons. The molecule has 2 amide bonds. The number of nitrogens with two attached hydrogens (primary N) is 2. The number of amides is 2. The van der Waals surface area contributed by atoms with Crippen molar-refractivity contribution in [1.29, 1.82) is 0 Å². The summed E-state index contributed by atoms with van der Waals surface area (Å²) in [6.45, 7) is -0.796. The summed E-state index contributed by atoms with van der Waals surface area (Å²) in [4.78, 5) is 135. The van der Waals surface area contributed by atoms with E-state index in [1.165, 1.54) is 9.80 Å². The number of hydrogen-bond donors (Lipinski definition) is 31. The number of H-pyrrole nitrogens is 1. The molecule has 3 aliphatic rings. The largest absolute Gasteiger partial charge is 0.481 e. The number of aromatic amines is 1. The number of aromatic nitrogens is 2. The summed E-state index contributed by atoms with van der Waals surface area (Å²) in [7, 11) is 1.74. The average molecular weight is 1890 g/mol. The molecule has 3 aliphatic heterocycles. The molecule has 0 bridgehead atoms. The predicted octanol–water partition coefficient (Wildman–Crippen LogP) is -6.35. The first-order valence-electron chi connectivity index (χ1n) is 45.0. The van der Waals surface area contributed by atoms with Gasteiger partial charge in [-0.15, -0.1) is 0 Å². The van der Waals surface area contributed by atoms with Crippen molar-refractivity contribution in [2.24, 2.45) is 16.5 Å². The maximum atomic E-state index is 14.8. The van der Waals surface area contributed by atoms with Gasteiger partial charge < -0.3 is 119 Å². The molecule has 2 fully saturated rings. The Morgan fingerprint density at radius 2 is 1.08 bits per heavy atom. The van der Waals surface area contributed by atoms with Crippen molar-refractivity contribution in [3.63, 3.8) is 0 Å². The first kappa shape index (κ1) is 110. The van der Waals surface area contributed by atoms with Gasteiger partial charge in [0.15, 0.2) is 5.96 Å². The van der Waals surface area contributed by atoms with Gasteiger partial charge in [-0.2, -0.15) is 0 Å². The number of aliphatic hydroxyl groups is 10. The lowest BCUT2D eigenvalue weighted by molar-refractivity contribution is -0.140. The van der Waals surface area contributed by atoms with Crippen molar-refractivity contribution in [3.8, 4) is 0 Å². The van der Waals surface area contributed by atoms with Crippen LogP contribution in [0.2, 0.25) is 0 Å². The van der Waals surface area contributed by atoms with Gasteiger partial charge in [-0.25, -0.2) is 4.98 Å². The third kappa shape index (κ3) is 41.3. The van der Waals surface area contributed by atoms with Crippen LogP contribution in [0.4, 0.5) is 5.69 Å². The van der Waals surface area contributed by atoms with Gasteiger partial charge in [0, 0.05) is 109 Å². The molecule has 2 saturated heterocycles. The Morgan fingerprint density at radius 3 is 1.69 bits per heavy atom. The van der Waals surface area contributed by atoms with Crippen LogP contribution in [-0.4, -0.2) is 408 Å². The van der Waals surface area contributed by atoms with Gasteiger partial charge in [-0.05, 0) is 132 Å². The van der Waals surface area contributed by atoms with Crippen LogP contribution < -0.4 is 70.0 Å². The average Bonchev–Trinajstić information content (AvgIpc) is 1.73. The Hall–Kier alpha value is -9.53. The van der Waals surface area contributed by atoms with E-state index in [9.17, 15) is 130 Å². The number of fused-ring (bicyclic) bond motifs is 2. The smallest absolute Gasteiger partial charge is 0.317 e. The van der Waals surface area contributed by atoms with E-state index in [0.717, 1.165) is 11.0 Å². The fourth-order valence-electron chi connectivity index (χ4n) is 16.2. The van der Waals surface area contributed by atoms with Gasteiger partial charge in [-0.3, -0.25) is 120 Å². The van der Waals surface area contributed by atoms with Crippen LogP contribution in [0.5, 0.6) is 0 Å². The van der Waals surface area contributed by atoms with E-state index in [2.05, 4.69) is 73.4 Å². The molecule has 0 aliphatic carbocycles. The Labute approximate surface area is 770 Å². The maximum Gasteiger partial charge on any atom is 0.317 e. The fourth-order valence-corrected chi connectivity index (χ4v) is 16.2. The van der Waals surface area contributed by atoms with Crippen LogP contribution in [0, 0.1) is 0 Å². The number of imidazole rings is 1. The Kier molecular flexibility index (Phi) is 48.2. The predicted molar refractivity (Wildman–Crippen MR) is 482 cm³/mol. The highest BCUT2D eigenvalue weighted by Gasteiger charge is 2.38. The second-order valence-electron chi connectivity index (χ2n) is 34.1. The summed E-state index contributed by atoms with van der Waals surface area (Å²) in [6.07, 6.45) is -16.1. The minimum atomic E-state index is -2.00. The number of carboxylic acids is 7. The zero-order valence-electron chi connectivity index (χ0n) is 75.0. The number of nitrogens with zero attached hydrogens (tertiary/aromatic N) is 8. The standard InChI is InChI=1S/C85H140N22O26/c1-102(46-65-93-55-16-7-8-17-56(55)94-65)83(132)52-20-21-54-53(41-52)45-107(84(133)64(92-54)43-72(117)118)31-12-3-2-10-29-89-76(125)59(99-80(129)61(24-27-70(113)114)100-79(128)60(23-26-69(111)112)95-68(110)47-103-32-34-104(48-73(119)120)36-38-106(50-75(123)124)39-37-105(35-33-103)49-74(121)122)22-25-66(108)88-28-11-9-18-58-78(127)97-57(19-13-30-90-85(86)87)77(126)91-44-67(109)96-63(42-71(115)116)82(131)101-62(81(130)98-58)40-51-14-5-4-6-15-51/h4-8,14-17,20-21,41,57-64,66-67,76-79,81-84,88-89,91-92,96-98,100-101,108-109,125-128,130-133H,2-3,9-13,18-19,22-40,42-50H2,1H3,(H,93,94)(H,95,110)(H,99,129)(H,111,112)(H,113,114)(H,115,116)(H,117,118)(H,119,120)(H,121,122)(H,123,124)(H4,86,87,90)/t57?,58?,59-,60?,61?,62+,63-,64?,66?,67?,76?,77?,78?,79?,81?,82?,83?,84?/m0/s1. The molecule has 0 saturated carbocycles. The topological polar surface area (TPSA) is 742 Å². The van der Waals surface area contributed by atoms with Crippen molar-refractivity contribution in [2.75, 3.05) is 124 Å². The molecule has 0 radical (unpaired) electrons. The summed E-state index contributed by atoms with van der Waals surface area (Å²) in [5.41, 5.74) is 15.3. The highest BCUT2D eigenvalue weighted by Crippen LogP contribution is 2.31. The quantitative estimate of drug-likeness (QED) is 0.00846. The van der Waals surface area contributed by atoms with Crippen LogP contribution in [0.3, 0.4) is 0 Å². The molecule has 18 atom stereocenters. The summed E-state index contributed by atoms with van der Waals surface area (Å²) in [5.74, 6) is -10.1. The van der Waals surface area contributed by atoms with Crippen molar-refractivity contribution in [3.05, 3.63) is 95.3 Å².